The van der Waals surface area contributed by atoms with Gasteiger partial charge >= 0.3 is 0 Å². The van der Waals surface area contributed by atoms with Crippen molar-refractivity contribution in [2.45, 2.75) is 71.1 Å². The molecule has 4 atom stereocenters. The zero-order valence-electron chi connectivity index (χ0n) is 13.5. The predicted molar refractivity (Wildman–Crippen MR) is 82.5 cm³/mol. The molecule has 0 amide bonds. The van der Waals surface area contributed by atoms with E-state index in [2.05, 4.69) is 49.9 Å². The van der Waals surface area contributed by atoms with Crippen LogP contribution in [0.2, 0.25) is 0 Å². The van der Waals surface area contributed by atoms with E-state index in [9.17, 15) is 0 Å². The third-order valence-electron chi connectivity index (χ3n) is 5.38. The first-order valence-corrected chi connectivity index (χ1v) is 8.22. The summed E-state index contributed by atoms with van der Waals surface area (Å²) in [7, 11) is 2.27. The highest BCUT2D eigenvalue weighted by molar-refractivity contribution is 4.93. The van der Waals surface area contributed by atoms with Gasteiger partial charge in [0.1, 0.15) is 0 Å². The third kappa shape index (κ3) is 3.50. The molecule has 4 unspecified atom stereocenters. The van der Waals surface area contributed by atoms with Crippen LogP contribution >= 0.6 is 0 Å². The summed E-state index contributed by atoms with van der Waals surface area (Å²) in [5.41, 5.74) is 0. The van der Waals surface area contributed by atoms with Gasteiger partial charge in [0.2, 0.25) is 0 Å². The summed E-state index contributed by atoms with van der Waals surface area (Å²) in [6.07, 6.45) is 3.94. The standard InChI is InChI=1S/C16H33N3/c1-6-14-11-19(16(10-17-14)12(2)3)15-7-8-18(5)13(4)9-15/h12-17H,6-11H2,1-5H3. The second-order valence-electron chi connectivity index (χ2n) is 7.03. The summed E-state index contributed by atoms with van der Waals surface area (Å²) in [5, 5.41) is 3.74. The van der Waals surface area contributed by atoms with Gasteiger partial charge in [-0.1, -0.05) is 20.8 Å². The Hall–Kier alpha value is -0.120. The van der Waals surface area contributed by atoms with Crippen LogP contribution < -0.4 is 5.32 Å². The molecule has 2 saturated heterocycles. The number of hydrogen-bond donors (Lipinski definition) is 1. The Morgan fingerprint density at radius 3 is 2.63 bits per heavy atom. The van der Waals surface area contributed by atoms with E-state index in [0.29, 0.717) is 6.04 Å². The number of hydrogen-bond acceptors (Lipinski definition) is 3. The molecule has 2 fully saturated rings. The van der Waals surface area contributed by atoms with Crippen LogP contribution in [-0.2, 0) is 0 Å². The van der Waals surface area contributed by atoms with Gasteiger partial charge in [0.25, 0.3) is 0 Å². The minimum absolute atomic E-state index is 0.699. The van der Waals surface area contributed by atoms with Crippen LogP contribution in [0.15, 0.2) is 0 Å². The molecular weight excluding hydrogens is 234 g/mol. The predicted octanol–water partition coefficient (Wildman–Crippen LogP) is 2.18. The van der Waals surface area contributed by atoms with Gasteiger partial charge in [-0.15, -0.1) is 0 Å². The third-order valence-corrected chi connectivity index (χ3v) is 5.38. The molecule has 0 radical (unpaired) electrons. The van der Waals surface area contributed by atoms with E-state index in [1.807, 2.05) is 0 Å². The Morgan fingerprint density at radius 2 is 2.05 bits per heavy atom. The molecule has 2 rings (SSSR count). The topological polar surface area (TPSA) is 18.5 Å². The van der Waals surface area contributed by atoms with Crippen molar-refractivity contribution in [1.29, 1.82) is 0 Å². The van der Waals surface area contributed by atoms with E-state index in [4.69, 9.17) is 0 Å². The number of piperazine rings is 1. The minimum Gasteiger partial charge on any atom is -0.311 e. The molecule has 0 bridgehead atoms. The lowest BCUT2D eigenvalue weighted by atomic mass is 9.90. The highest BCUT2D eigenvalue weighted by Gasteiger charge is 2.36. The zero-order valence-corrected chi connectivity index (χ0v) is 13.5. The fraction of sp³-hybridized carbons (Fsp3) is 1.00. The van der Waals surface area contributed by atoms with Crippen LogP contribution in [0.25, 0.3) is 0 Å². The second kappa shape index (κ2) is 6.55. The van der Waals surface area contributed by atoms with Crippen LogP contribution in [0.5, 0.6) is 0 Å². The van der Waals surface area contributed by atoms with Gasteiger partial charge in [-0.2, -0.15) is 0 Å². The van der Waals surface area contributed by atoms with Crippen molar-refractivity contribution in [3.8, 4) is 0 Å². The summed E-state index contributed by atoms with van der Waals surface area (Å²) in [4.78, 5) is 5.36. The van der Waals surface area contributed by atoms with Gasteiger partial charge in [-0.25, -0.2) is 0 Å². The van der Waals surface area contributed by atoms with Crippen LogP contribution in [0, 0.1) is 5.92 Å². The van der Waals surface area contributed by atoms with Crippen LogP contribution in [0.3, 0.4) is 0 Å². The van der Waals surface area contributed by atoms with E-state index >= 15 is 0 Å². The van der Waals surface area contributed by atoms with Crippen molar-refractivity contribution in [3.63, 3.8) is 0 Å². The monoisotopic (exact) mass is 267 g/mol. The Balaban J connectivity index is 2.04. The lowest BCUT2D eigenvalue weighted by Crippen LogP contribution is -2.62. The molecule has 0 spiro atoms. The zero-order chi connectivity index (χ0) is 14.0. The molecule has 3 heteroatoms. The Labute approximate surface area is 119 Å². The molecule has 2 aliphatic rings. The average molecular weight is 267 g/mol. The molecule has 0 aromatic carbocycles. The van der Waals surface area contributed by atoms with E-state index < -0.39 is 0 Å². The Bertz CT molecular complexity index is 279. The summed E-state index contributed by atoms with van der Waals surface area (Å²) >= 11 is 0. The quantitative estimate of drug-likeness (QED) is 0.845. The van der Waals surface area contributed by atoms with Gasteiger partial charge in [0, 0.05) is 37.3 Å². The minimum atomic E-state index is 0.699. The normalized spacial score (nSPS) is 38.8. The molecule has 112 valence electrons. The second-order valence-corrected chi connectivity index (χ2v) is 7.03. The van der Waals surface area contributed by atoms with E-state index in [0.717, 1.165) is 24.0 Å². The maximum Gasteiger partial charge on any atom is 0.0247 e. The lowest BCUT2D eigenvalue weighted by Gasteiger charge is -2.49. The Kier molecular flexibility index (Phi) is 5.27. The molecule has 0 aromatic rings. The molecule has 2 aliphatic heterocycles. The van der Waals surface area contributed by atoms with E-state index in [-0.39, 0.29) is 0 Å². The van der Waals surface area contributed by atoms with Gasteiger partial charge in [-0.3, -0.25) is 4.90 Å². The fourth-order valence-corrected chi connectivity index (χ4v) is 3.74. The first-order chi connectivity index (χ1) is 9.02. The highest BCUT2D eigenvalue weighted by atomic mass is 15.3. The summed E-state index contributed by atoms with van der Waals surface area (Å²) < 4.78 is 0. The summed E-state index contributed by atoms with van der Waals surface area (Å²) in [5.74, 6) is 0.750. The molecule has 3 nitrogen and oxygen atoms in total. The van der Waals surface area contributed by atoms with Crippen LogP contribution in [0.1, 0.15) is 47.0 Å². The molecule has 0 saturated carbocycles. The van der Waals surface area contributed by atoms with E-state index in [1.165, 1.54) is 38.9 Å². The number of likely N-dealkylation sites (tertiary alicyclic amines) is 1. The molecule has 19 heavy (non-hydrogen) atoms. The molecule has 1 N–H and O–H groups in total. The maximum atomic E-state index is 3.74. The lowest BCUT2D eigenvalue weighted by molar-refractivity contribution is 0.0138. The van der Waals surface area contributed by atoms with Crippen molar-refractivity contribution in [1.82, 2.24) is 15.1 Å². The van der Waals surface area contributed by atoms with Crippen LogP contribution in [-0.4, -0.2) is 60.6 Å². The van der Waals surface area contributed by atoms with Gasteiger partial charge in [0.05, 0.1) is 0 Å². The summed E-state index contributed by atoms with van der Waals surface area (Å²) in [6.45, 7) is 13.1. The summed E-state index contributed by atoms with van der Waals surface area (Å²) in [6, 6.07) is 2.96. The van der Waals surface area contributed by atoms with Crippen molar-refractivity contribution < 1.29 is 0 Å². The van der Waals surface area contributed by atoms with Gasteiger partial charge in [0.15, 0.2) is 0 Å². The number of nitrogens with zero attached hydrogens (tertiary/aromatic N) is 2. The van der Waals surface area contributed by atoms with Crippen LogP contribution in [0.4, 0.5) is 0 Å². The average Bonchev–Trinajstić information content (AvgIpc) is 2.41. The first kappa shape index (κ1) is 15.3. The van der Waals surface area contributed by atoms with Gasteiger partial charge < -0.3 is 10.2 Å². The SMILES string of the molecule is CCC1CN(C2CCN(C)C(C)C2)C(C(C)C)CN1. The fourth-order valence-electron chi connectivity index (χ4n) is 3.74. The van der Waals surface area contributed by atoms with Crippen molar-refractivity contribution in [2.24, 2.45) is 5.92 Å². The number of rotatable bonds is 3. The van der Waals surface area contributed by atoms with Crippen molar-refractivity contribution in [3.05, 3.63) is 0 Å². The smallest absolute Gasteiger partial charge is 0.0247 e. The number of nitrogens with one attached hydrogen (secondary N) is 1. The highest BCUT2D eigenvalue weighted by Crippen LogP contribution is 2.27. The largest absolute Gasteiger partial charge is 0.311 e. The van der Waals surface area contributed by atoms with E-state index in [1.54, 1.807) is 0 Å². The van der Waals surface area contributed by atoms with Crippen molar-refractivity contribution in [2.75, 3.05) is 26.7 Å². The first-order valence-electron chi connectivity index (χ1n) is 8.22. The molecular formula is C16H33N3. The van der Waals surface area contributed by atoms with Crippen molar-refractivity contribution >= 4 is 0 Å². The molecule has 0 aliphatic carbocycles. The maximum absolute atomic E-state index is 3.74. The number of piperidine rings is 1. The molecule has 0 aromatic heterocycles. The molecule has 2 heterocycles. The Morgan fingerprint density at radius 1 is 1.32 bits per heavy atom. The van der Waals surface area contributed by atoms with Gasteiger partial charge in [-0.05, 0) is 45.7 Å².